The molecule has 0 bridgehead atoms. The molecule has 1 saturated heterocycles. The Balaban J connectivity index is 2.04. The van der Waals surface area contributed by atoms with Crippen LogP contribution in [0.4, 0.5) is 0 Å². The number of ether oxygens (including phenoxy) is 2. The number of rotatable bonds is 48. The molecule has 69 heavy (non-hydrogen) atoms. The Morgan fingerprint density at radius 1 is 0.507 bits per heavy atom. The number of nitrogens with one attached hydrogen (secondary N) is 1. The highest BCUT2D eigenvalue weighted by molar-refractivity contribution is 5.76. The molecule has 1 fully saturated rings. The minimum atomic E-state index is -1.55. The van der Waals surface area contributed by atoms with Crippen LogP contribution in [0.3, 0.4) is 0 Å². The summed E-state index contributed by atoms with van der Waals surface area (Å²) >= 11 is 0. The van der Waals surface area contributed by atoms with E-state index in [1.165, 1.54) is 141 Å². The van der Waals surface area contributed by atoms with Gasteiger partial charge in [0.15, 0.2) is 6.29 Å². The van der Waals surface area contributed by atoms with Crippen molar-refractivity contribution in [1.82, 2.24) is 5.32 Å². The van der Waals surface area contributed by atoms with Gasteiger partial charge < -0.3 is 40.3 Å². The lowest BCUT2D eigenvalue weighted by atomic mass is 9.99. The summed E-state index contributed by atoms with van der Waals surface area (Å²) in [5.74, 6) is -0.146. The third-order valence-corrected chi connectivity index (χ3v) is 13.3. The van der Waals surface area contributed by atoms with E-state index in [0.29, 0.717) is 12.8 Å². The van der Waals surface area contributed by atoms with E-state index >= 15 is 0 Å². The summed E-state index contributed by atoms with van der Waals surface area (Å²) in [4.78, 5) is 13.0. The molecule has 9 heteroatoms. The Labute approximate surface area is 423 Å². The summed E-state index contributed by atoms with van der Waals surface area (Å²) in [7, 11) is 0. The Bertz CT molecular complexity index is 1310. The number of unbranched alkanes of at least 4 members (excludes halogenated alkanes) is 26. The Morgan fingerprint density at radius 2 is 0.899 bits per heavy atom. The summed E-state index contributed by atoms with van der Waals surface area (Å²) in [6.45, 7) is 3.70. The van der Waals surface area contributed by atoms with E-state index in [2.05, 4.69) is 92.1 Å². The second kappa shape index (κ2) is 49.2. The predicted molar refractivity (Wildman–Crippen MR) is 290 cm³/mol. The fraction of sp³-hybridized carbons (Fsp3) is 0.783. The van der Waals surface area contributed by atoms with Crippen LogP contribution >= 0.6 is 0 Å². The van der Waals surface area contributed by atoms with Gasteiger partial charge in [-0.15, -0.1) is 0 Å². The SMILES string of the molecule is CC/C=C\C/C=C\C/C=C\C/C=C\C/C=C\C/C=C\CCCCCCCCCCCCCCCCCCCCC(=O)NC(COC1OC(CO)C(O)C(O)C1O)C(O)CCCCCCCCCCC. The molecule has 0 saturated carbocycles. The zero-order chi connectivity index (χ0) is 50.1. The molecule has 1 amide bonds. The van der Waals surface area contributed by atoms with Gasteiger partial charge in [-0.2, -0.15) is 0 Å². The Kier molecular flexibility index (Phi) is 46.1. The van der Waals surface area contributed by atoms with Gasteiger partial charge in [-0.1, -0.05) is 247 Å². The maximum absolute atomic E-state index is 13.0. The average molecular weight is 971 g/mol. The molecule has 1 aliphatic heterocycles. The molecular formula is C60H107NO8. The fourth-order valence-corrected chi connectivity index (χ4v) is 8.81. The third-order valence-electron chi connectivity index (χ3n) is 13.3. The minimum absolute atomic E-state index is 0.138. The Hall–Kier alpha value is -2.37. The highest BCUT2D eigenvalue weighted by atomic mass is 16.7. The predicted octanol–water partition coefficient (Wildman–Crippen LogP) is 14.1. The molecule has 1 heterocycles. The molecule has 0 aromatic carbocycles. The number of amides is 1. The monoisotopic (exact) mass is 970 g/mol. The zero-order valence-electron chi connectivity index (χ0n) is 44.3. The minimum Gasteiger partial charge on any atom is -0.394 e. The lowest BCUT2D eigenvalue weighted by molar-refractivity contribution is -0.302. The van der Waals surface area contributed by atoms with Gasteiger partial charge in [0, 0.05) is 6.42 Å². The lowest BCUT2D eigenvalue weighted by Crippen LogP contribution is -2.60. The van der Waals surface area contributed by atoms with Crippen molar-refractivity contribution >= 4 is 5.91 Å². The van der Waals surface area contributed by atoms with Crippen LogP contribution in [0.15, 0.2) is 72.9 Å². The van der Waals surface area contributed by atoms with Crippen molar-refractivity contribution < 1.29 is 39.8 Å². The van der Waals surface area contributed by atoms with Crippen LogP contribution in [0, 0.1) is 0 Å². The largest absolute Gasteiger partial charge is 0.394 e. The topological polar surface area (TPSA) is 149 Å². The van der Waals surface area contributed by atoms with E-state index in [4.69, 9.17) is 9.47 Å². The van der Waals surface area contributed by atoms with Crippen LogP contribution in [0.2, 0.25) is 0 Å². The van der Waals surface area contributed by atoms with Gasteiger partial charge >= 0.3 is 0 Å². The second-order valence-electron chi connectivity index (χ2n) is 19.7. The summed E-state index contributed by atoms with van der Waals surface area (Å²) in [5.41, 5.74) is 0. The maximum atomic E-state index is 13.0. The summed E-state index contributed by atoms with van der Waals surface area (Å²) < 4.78 is 11.3. The van der Waals surface area contributed by atoms with Gasteiger partial charge in [0.25, 0.3) is 0 Å². The molecule has 1 aliphatic rings. The molecule has 0 radical (unpaired) electrons. The molecule has 7 atom stereocenters. The van der Waals surface area contributed by atoms with E-state index < -0.39 is 49.5 Å². The quantitative estimate of drug-likeness (QED) is 0.0261. The molecule has 400 valence electrons. The first-order valence-electron chi connectivity index (χ1n) is 28.6. The molecule has 0 spiro atoms. The van der Waals surface area contributed by atoms with Gasteiger partial charge in [0.2, 0.25) is 5.91 Å². The first kappa shape index (κ1) is 64.6. The van der Waals surface area contributed by atoms with Crippen molar-refractivity contribution in [3.05, 3.63) is 72.9 Å². The van der Waals surface area contributed by atoms with Gasteiger partial charge in [-0.3, -0.25) is 4.79 Å². The number of hydrogen-bond donors (Lipinski definition) is 6. The number of aliphatic hydroxyl groups excluding tert-OH is 5. The van der Waals surface area contributed by atoms with Gasteiger partial charge in [0.1, 0.15) is 24.4 Å². The highest BCUT2D eigenvalue weighted by Gasteiger charge is 2.44. The van der Waals surface area contributed by atoms with Gasteiger partial charge in [-0.25, -0.2) is 0 Å². The molecule has 0 aromatic heterocycles. The van der Waals surface area contributed by atoms with Gasteiger partial charge in [-0.05, 0) is 64.2 Å². The number of carbonyl (C=O) groups excluding carboxylic acids is 1. The van der Waals surface area contributed by atoms with Crippen LogP contribution in [-0.4, -0.2) is 87.5 Å². The molecular weight excluding hydrogens is 863 g/mol. The molecule has 6 N–H and O–H groups in total. The van der Waals surface area contributed by atoms with Crippen molar-refractivity contribution in [2.24, 2.45) is 0 Å². The van der Waals surface area contributed by atoms with Crippen molar-refractivity contribution in [2.75, 3.05) is 13.2 Å². The Morgan fingerprint density at radius 3 is 1.33 bits per heavy atom. The fourth-order valence-electron chi connectivity index (χ4n) is 8.81. The molecule has 0 aliphatic carbocycles. The van der Waals surface area contributed by atoms with Gasteiger partial charge in [0.05, 0.1) is 25.4 Å². The third kappa shape index (κ3) is 38.9. The summed E-state index contributed by atoms with van der Waals surface area (Å²) in [5, 5.41) is 54.4. The van der Waals surface area contributed by atoms with Crippen molar-refractivity contribution in [2.45, 2.75) is 288 Å². The number of carbonyl (C=O) groups is 1. The summed E-state index contributed by atoms with van der Waals surface area (Å²) in [6, 6.07) is -0.718. The first-order valence-corrected chi connectivity index (χ1v) is 28.6. The van der Waals surface area contributed by atoms with E-state index in [1.54, 1.807) is 0 Å². The van der Waals surface area contributed by atoms with Crippen LogP contribution in [0.25, 0.3) is 0 Å². The van der Waals surface area contributed by atoms with Crippen molar-refractivity contribution in [1.29, 1.82) is 0 Å². The smallest absolute Gasteiger partial charge is 0.220 e. The van der Waals surface area contributed by atoms with E-state index in [0.717, 1.165) is 77.0 Å². The highest BCUT2D eigenvalue weighted by Crippen LogP contribution is 2.23. The van der Waals surface area contributed by atoms with E-state index in [-0.39, 0.29) is 12.5 Å². The maximum Gasteiger partial charge on any atom is 0.220 e. The van der Waals surface area contributed by atoms with Crippen molar-refractivity contribution in [3.63, 3.8) is 0 Å². The number of aliphatic hydroxyl groups is 5. The van der Waals surface area contributed by atoms with Crippen LogP contribution in [0.5, 0.6) is 0 Å². The molecule has 9 nitrogen and oxygen atoms in total. The van der Waals surface area contributed by atoms with E-state index in [9.17, 15) is 30.3 Å². The molecule has 0 aromatic rings. The normalized spacial score (nSPS) is 20.0. The van der Waals surface area contributed by atoms with E-state index in [1.807, 2.05) is 0 Å². The zero-order valence-corrected chi connectivity index (χ0v) is 44.3. The standard InChI is InChI=1S/C60H107NO8/c1-3-5-7-9-11-13-14-15-16-17-18-19-20-21-22-23-24-25-26-27-28-29-30-31-32-33-34-35-36-37-38-39-40-42-44-46-48-50-56(64)61-53(54(63)49-47-45-43-41-12-10-8-6-4-2)52-68-60-59(67)58(66)57(65)55(51-62)69-60/h5,7,11,13,15-16,18-19,21-22,24-25,53-55,57-60,62-63,65-67H,3-4,6,8-10,12,14,17,20,23,26-52H2,1-2H3,(H,61,64)/b7-5-,13-11-,16-15-,19-18-,22-21-,25-24-. The first-order chi connectivity index (χ1) is 33.8. The van der Waals surface area contributed by atoms with Crippen LogP contribution < -0.4 is 5.32 Å². The lowest BCUT2D eigenvalue weighted by Gasteiger charge is -2.40. The number of hydrogen-bond acceptors (Lipinski definition) is 8. The summed E-state index contributed by atoms with van der Waals surface area (Å²) in [6.07, 6.45) is 61.0. The second-order valence-corrected chi connectivity index (χ2v) is 19.7. The van der Waals surface area contributed by atoms with Crippen LogP contribution in [0.1, 0.15) is 245 Å². The number of allylic oxidation sites excluding steroid dienone is 12. The molecule has 7 unspecified atom stereocenters. The molecule has 1 rings (SSSR count). The average Bonchev–Trinajstić information content (AvgIpc) is 3.35. The van der Waals surface area contributed by atoms with Crippen molar-refractivity contribution in [3.8, 4) is 0 Å². The van der Waals surface area contributed by atoms with Crippen LogP contribution in [-0.2, 0) is 14.3 Å².